The van der Waals surface area contributed by atoms with Gasteiger partial charge in [0, 0.05) is 27.9 Å². The van der Waals surface area contributed by atoms with Crippen LogP contribution >= 0.6 is 34.5 Å². The maximum absolute atomic E-state index is 13.2. The van der Waals surface area contributed by atoms with E-state index in [2.05, 4.69) is 18.4 Å². The summed E-state index contributed by atoms with van der Waals surface area (Å²) in [5.41, 5.74) is 3.14. The smallest absolute Gasteiger partial charge is 0.237 e. The van der Waals surface area contributed by atoms with E-state index in [4.69, 9.17) is 23.2 Å². The first-order valence-corrected chi connectivity index (χ1v) is 11.3. The Morgan fingerprint density at radius 3 is 2.89 bits per heavy atom. The third-order valence-corrected chi connectivity index (χ3v) is 7.50. The standard InChI is InChI=1S/C21H24Cl2N2O2S/c1-3-17-13-5-7-28-19(13)4-6-25(17)20(27)11-24(2)21-15-8-12(22)9-16(23)14(15)10-18(21)26/h5,7-9,17-18,21,26H,3-4,6,10-11H2,1-2H3. The maximum atomic E-state index is 13.2. The number of rotatable bonds is 4. The van der Waals surface area contributed by atoms with E-state index in [1.807, 2.05) is 22.9 Å². The van der Waals surface area contributed by atoms with Gasteiger partial charge in [0.1, 0.15) is 0 Å². The Hall–Kier alpha value is -1.11. The number of amides is 1. The van der Waals surface area contributed by atoms with Gasteiger partial charge >= 0.3 is 0 Å². The van der Waals surface area contributed by atoms with Gasteiger partial charge in [-0.2, -0.15) is 0 Å². The second-order valence-corrected chi connectivity index (χ2v) is 9.49. The lowest BCUT2D eigenvalue weighted by molar-refractivity contribution is -0.136. The van der Waals surface area contributed by atoms with Crippen LogP contribution in [0.5, 0.6) is 0 Å². The molecular weight excluding hydrogens is 415 g/mol. The number of fused-ring (bicyclic) bond motifs is 2. The highest BCUT2D eigenvalue weighted by Gasteiger charge is 2.38. The molecule has 0 saturated carbocycles. The van der Waals surface area contributed by atoms with E-state index >= 15 is 0 Å². The van der Waals surface area contributed by atoms with E-state index in [1.165, 1.54) is 10.4 Å². The van der Waals surface area contributed by atoms with Crippen molar-refractivity contribution >= 4 is 40.4 Å². The number of nitrogens with zero attached hydrogens (tertiary/aromatic N) is 2. The molecule has 1 aliphatic heterocycles. The highest BCUT2D eigenvalue weighted by Crippen LogP contribution is 2.41. The number of benzene rings is 1. The number of hydrogen-bond donors (Lipinski definition) is 1. The third-order valence-electron chi connectivity index (χ3n) is 5.95. The molecule has 4 rings (SSSR count). The molecule has 3 unspecified atom stereocenters. The minimum absolute atomic E-state index is 0.0972. The van der Waals surface area contributed by atoms with Crippen LogP contribution in [0, 0.1) is 0 Å². The zero-order chi connectivity index (χ0) is 20.0. The predicted octanol–water partition coefficient (Wildman–Crippen LogP) is 4.48. The van der Waals surface area contributed by atoms with Crippen LogP contribution in [-0.4, -0.2) is 47.1 Å². The van der Waals surface area contributed by atoms with Crippen LogP contribution in [0.15, 0.2) is 23.6 Å². The lowest BCUT2D eigenvalue weighted by atomic mass is 9.97. The number of aliphatic hydroxyl groups excluding tert-OH is 1. The first kappa shape index (κ1) is 20.2. The lowest BCUT2D eigenvalue weighted by Gasteiger charge is -2.37. The first-order valence-electron chi connectivity index (χ1n) is 9.62. The fourth-order valence-corrected chi connectivity index (χ4v) is 6.21. The minimum atomic E-state index is -0.601. The van der Waals surface area contributed by atoms with Crippen LogP contribution in [0.4, 0.5) is 0 Å². The summed E-state index contributed by atoms with van der Waals surface area (Å²) in [5, 5.41) is 13.9. The van der Waals surface area contributed by atoms with Crippen LogP contribution in [0.3, 0.4) is 0 Å². The Kier molecular flexibility index (Phi) is 5.73. The molecule has 2 aliphatic rings. The van der Waals surface area contributed by atoms with E-state index < -0.39 is 6.10 Å². The van der Waals surface area contributed by atoms with Gasteiger partial charge in [-0.1, -0.05) is 30.1 Å². The zero-order valence-electron chi connectivity index (χ0n) is 16.0. The van der Waals surface area contributed by atoms with Crippen molar-refractivity contribution in [2.45, 2.75) is 44.4 Å². The molecule has 0 spiro atoms. The van der Waals surface area contributed by atoms with Gasteiger partial charge in [0.05, 0.1) is 24.7 Å². The van der Waals surface area contributed by atoms with Gasteiger partial charge in [0.15, 0.2) is 0 Å². The van der Waals surface area contributed by atoms with Crippen molar-refractivity contribution in [3.8, 4) is 0 Å². The predicted molar refractivity (Wildman–Crippen MR) is 114 cm³/mol. The van der Waals surface area contributed by atoms with Gasteiger partial charge in [-0.3, -0.25) is 9.69 Å². The summed E-state index contributed by atoms with van der Waals surface area (Å²) in [6.07, 6.45) is 1.70. The largest absolute Gasteiger partial charge is 0.391 e. The van der Waals surface area contributed by atoms with Crippen molar-refractivity contribution in [1.82, 2.24) is 9.80 Å². The Bertz CT molecular complexity index is 901. The topological polar surface area (TPSA) is 43.8 Å². The first-order chi connectivity index (χ1) is 13.4. The molecule has 1 aromatic heterocycles. The Morgan fingerprint density at radius 1 is 1.36 bits per heavy atom. The van der Waals surface area contributed by atoms with Crippen LogP contribution in [0.25, 0.3) is 0 Å². The van der Waals surface area contributed by atoms with Gasteiger partial charge in [-0.25, -0.2) is 0 Å². The summed E-state index contributed by atoms with van der Waals surface area (Å²) >= 11 is 14.3. The summed E-state index contributed by atoms with van der Waals surface area (Å²) in [6.45, 7) is 3.13. The molecule has 2 heterocycles. The van der Waals surface area contributed by atoms with E-state index in [-0.39, 0.29) is 24.5 Å². The number of likely N-dealkylation sites (N-methyl/N-ethyl adjacent to an activating group) is 1. The number of thiophene rings is 1. The van der Waals surface area contributed by atoms with Gasteiger partial charge in [0.25, 0.3) is 0 Å². The minimum Gasteiger partial charge on any atom is -0.391 e. The van der Waals surface area contributed by atoms with Crippen LogP contribution in [-0.2, 0) is 17.6 Å². The molecule has 0 fully saturated rings. The monoisotopic (exact) mass is 438 g/mol. The van der Waals surface area contributed by atoms with Crippen molar-refractivity contribution in [3.63, 3.8) is 0 Å². The summed E-state index contributed by atoms with van der Waals surface area (Å²) in [7, 11) is 1.89. The lowest BCUT2D eigenvalue weighted by Crippen LogP contribution is -2.45. The fraction of sp³-hybridized carbons (Fsp3) is 0.476. The van der Waals surface area contributed by atoms with Crippen LogP contribution in [0.2, 0.25) is 10.0 Å². The molecule has 0 saturated heterocycles. The average molecular weight is 439 g/mol. The van der Waals surface area contributed by atoms with Gasteiger partial charge < -0.3 is 10.0 Å². The Morgan fingerprint density at radius 2 is 2.14 bits per heavy atom. The average Bonchev–Trinajstić information content (AvgIpc) is 3.24. The van der Waals surface area contributed by atoms with Gasteiger partial charge in [-0.15, -0.1) is 11.3 Å². The van der Waals surface area contributed by atoms with Crippen molar-refractivity contribution < 1.29 is 9.90 Å². The second kappa shape index (κ2) is 7.96. The van der Waals surface area contributed by atoms with Gasteiger partial charge in [-0.05, 0) is 60.2 Å². The molecule has 1 aromatic carbocycles. The number of carbonyl (C=O) groups excluding carboxylic acids is 1. The molecule has 28 heavy (non-hydrogen) atoms. The molecule has 150 valence electrons. The molecular formula is C21H24Cl2N2O2S. The normalized spacial score (nSPS) is 23.8. The molecule has 2 aromatic rings. The fourth-order valence-electron chi connectivity index (χ4n) is 4.70. The van der Waals surface area contributed by atoms with Crippen molar-refractivity contribution in [2.75, 3.05) is 20.1 Å². The molecule has 0 radical (unpaired) electrons. The number of aliphatic hydroxyl groups is 1. The number of halogens is 2. The van der Waals surface area contributed by atoms with E-state index in [9.17, 15) is 9.90 Å². The SMILES string of the molecule is CCC1c2ccsc2CCN1C(=O)CN(C)C1c2cc(Cl)cc(Cl)c2CC1O. The third kappa shape index (κ3) is 3.48. The molecule has 1 amide bonds. The van der Waals surface area contributed by atoms with Crippen molar-refractivity contribution in [2.24, 2.45) is 0 Å². The molecule has 4 nitrogen and oxygen atoms in total. The number of hydrogen-bond acceptors (Lipinski definition) is 4. The summed E-state index contributed by atoms with van der Waals surface area (Å²) in [4.78, 5) is 18.5. The van der Waals surface area contributed by atoms with Crippen molar-refractivity contribution in [1.29, 1.82) is 0 Å². The highest BCUT2D eigenvalue weighted by atomic mass is 35.5. The van der Waals surface area contributed by atoms with E-state index in [1.54, 1.807) is 17.4 Å². The molecule has 7 heteroatoms. The van der Waals surface area contributed by atoms with E-state index in [0.717, 1.165) is 30.5 Å². The van der Waals surface area contributed by atoms with E-state index in [0.29, 0.717) is 16.5 Å². The Balaban J connectivity index is 1.53. The summed E-state index contributed by atoms with van der Waals surface area (Å²) in [6, 6.07) is 5.58. The molecule has 1 aliphatic carbocycles. The Labute approximate surface area is 179 Å². The zero-order valence-corrected chi connectivity index (χ0v) is 18.3. The summed E-state index contributed by atoms with van der Waals surface area (Å²) in [5.74, 6) is 0.0972. The van der Waals surface area contributed by atoms with Crippen LogP contribution in [0.1, 0.15) is 47.0 Å². The quantitative estimate of drug-likeness (QED) is 0.764. The van der Waals surface area contributed by atoms with Gasteiger partial charge in [0.2, 0.25) is 5.91 Å². The number of carbonyl (C=O) groups is 1. The molecule has 1 N–H and O–H groups in total. The maximum Gasteiger partial charge on any atom is 0.237 e. The van der Waals surface area contributed by atoms with Crippen LogP contribution < -0.4 is 0 Å². The molecule has 3 atom stereocenters. The highest BCUT2D eigenvalue weighted by molar-refractivity contribution is 7.10. The second-order valence-electron chi connectivity index (χ2n) is 7.65. The molecule has 0 bridgehead atoms. The van der Waals surface area contributed by atoms with Crippen molar-refractivity contribution in [3.05, 3.63) is 55.2 Å². The summed E-state index contributed by atoms with van der Waals surface area (Å²) < 4.78 is 0.